The van der Waals surface area contributed by atoms with Gasteiger partial charge in [-0.05, 0) is 54.6 Å². The molecule has 0 radical (unpaired) electrons. The van der Waals surface area contributed by atoms with Crippen molar-refractivity contribution in [3.05, 3.63) is 69.7 Å². The molecule has 3 heterocycles. The predicted molar refractivity (Wildman–Crippen MR) is 123 cm³/mol. The second kappa shape index (κ2) is 9.79. The fraction of sp³-hybridized carbons (Fsp3) is 0.304. The number of hydrogen-bond donors (Lipinski definition) is 1. The minimum atomic E-state index is -0.436. The van der Waals surface area contributed by atoms with Gasteiger partial charge < -0.3 is 14.8 Å². The highest BCUT2D eigenvalue weighted by molar-refractivity contribution is 5.86. The van der Waals surface area contributed by atoms with Gasteiger partial charge in [-0.25, -0.2) is 9.37 Å². The van der Waals surface area contributed by atoms with E-state index >= 15 is 0 Å². The third-order valence-electron chi connectivity index (χ3n) is 5.66. The third-order valence-corrected chi connectivity index (χ3v) is 5.66. The highest BCUT2D eigenvalue weighted by Gasteiger charge is 2.21. The summed E-state index contributed by atoms with van der Waals surface area (Å²) >= 11 is 0. The summed E-state index contributed by atoms with van der Waals surface area (Å²) in [6.45, 7) is 4.35. The summed E-state index contributed by atoms with van der Waals surface area (Å²) in [6, 6.07) is 10.0. The van der Waals surface area contributed by atoms with Gasteiger partial charge >= 0.3 is 0 Å². The SMILES string of the molecule is Cc1cc(F)cc2c(=O)[nH]c(CCC(=O)N3CCN(c4ccc(C#N)nc4)CC3)cc12.Cl. The van der Waals surface area contributed by atoms with Gasteiger partial charge in [-0.3, -0.25) is 9.59 Å². The first-order valence-corrected chi connectivity index (χ1v) is 10.2. The summed E-state index contributed by atoms with van der Waals surface area (Å²) in [6.07, 6.45) is 2.39. The quantitative estimate of drug-likeness (QED) is 0.652. The Morgan fingerprint density at radius 3 is 2.59 bits per heavy atom. The van der Waals surface area contributed by atoms with Crippen LogP contribution in [0.5, 0.6) is 0 Å². The molecule has 1 aliphatic rings. The van der Waals surface area contributed by atoms with Crippen molar-refractivity contribution in [3.63, 3.8) is 0 Å². The fourth-order valence-corrected chi connectivity index (χ4v) is 3.94. The number of benzene rings is 1. The number of amides is 1. The van der Waals surface area contributed by atoms with Crippen molar-refractivity contribution in [2.75, 3.05) is 31.1 Å². The molecule has 1 amide bonds. The van der Waals surface area contributed by atoms with E-state index in [1.807, 2.05) is 23.1 Å². The van der Waals surface area contributed by atoms with E-state index in [1.54, 1.807) is 19.2 Å². The summed E-state index contributed by atoms with van der Waals surface area (Å²) < 4.78 is 13.6. The number of aromatic nitrogens is 2. The maximum atomic E-state index is 13.6. The van der Waals surface area contributed by atoms with Gasteiger partial charge in [-0.2, -0.15) is 5.26 Å². The molecule has 9 heteroatoms. The van der Waals surface area contributed by atoms with Crippen LogP contribution < -0.4 is 10.5 Å². The average Bonchev–Trinajstić information content (AvgIpc) is 2.78. The highest BCUT2D eigenvalue weighted by atomic mass is 35.5. The number of piperazine rings is 1. The number of aryl methyl sites for hydroxylation is 2. The van der Waals surface area contributed by atoms with Crippen LogP contribution in [0.2, 0.25) is 0 Å². The third kappa shape index (κ3) is 4.89. The summed E-state index contributed by atoms with van der Waals surface area (Å²) in [5.74, 6) is -0.399. The molecule has 0 saturated carbocycles. The van der Waals surface area contributed by atoms with Crippen molar-refractivity contribution in [3.8, 4) is 6.07 Å². The number of halogens is 2. The Balaban J connectivity index is 0.00000289. The number of pyridine rings is 2. The first kappa shape index (κ1) is 23.2. The lowest BCUT2D eigenvalue weighted by Crippen LogP contribution is -2.48. The molecule has 2 aromatic heterocycles. The second-order valence-electron chi connectivity index (χ2n) is 7.69. The van der Waals surface area contributed by atoms with Crippen molar-refractivity contribution < 1.29 is 9.18 Å². The minimum absolute atomic E-state index is 0. The van der Waals surface area contributed by atoms with Gasteiger partial charge in [0, 0.05) is 38.3 Å². The van der Waals surface area contributed by atoms with Gasteiger partial charge in [0.2, 0.25) is 5.91 Å². The van der Waals surface area contributed by atoms with Crippen LogP contribution in [-0.4, -0.2) is 47.0 Å². The molecule has 0 atom stereocenters. The van der Waals surface area contributed by atoms with E-state index in [9.17, 15) is 14.0 Å². The highest BCUT2D eigenvalue weighted by Crippen LogP contribution is 2.19. The maximum Gasteiger partial charge on any atom is 0.256 e. The van der Waals surface area contributed by atoms with Crippen LogP contribution in [0.3, 0.4) is 0 Å². The van der Waals surface area contributed by atoms with Gasteiger partial charge in [0.15, 0.2) is 0 Å². The molecule has 0 spiro atoms. The molecular weight excluding hydrogens is 433 g/mol. The molecule has 4 rings (SSSR count). The van der Waals surface area contributed by atoms with Gasteiger partial charge in [-0.15, -0.1) is 12.4 Å². The Morgan fingerprint density at radius 1 is 1.19 bits per heavy atom. The zero-order valence-corrected chi connectivity index (χ0v) is 18.4. The lowest BCUT2D eigenvalue weighted by atomic mass is 10.0. The van der Waals surface area contributed by atoms with Crippen LogP contribution in [0, 0.1) is 24.1 Å². The second-order valence-corrected chi connectivity index (χ2v) is 7.69. The fourth-order valence-electron chi connectivity index (χ4n) is 3.94. The molecule has 0 aliphatic carbocycles. The molecular formula is C23H23ClFN5O2. The van der Waals surface area contributed by atoms with E-state index in [1.165, 1.54) is 12.1 Å². The van der Waals surface area contributed by atoms with Crippen molar-refractivity contribution in [2.24, 2.45) is 0 Å². The molecule has 1 saturated heterocycles. The molecule has 1 fully saturated rings. The van der Waals surface area contributed by atoms with E-state index in [4.69, 9.17) is 5.26 Å². The van der Waals surface area contributed by atoms with Crippen molar-refractivity contribution in [1.29, 1.82) is 5.26 Å². The van der Waals surface area contributed by atoms with E-state index in [-0.39, 0.29) is 23.9 Å². The van der Waals surface area contributed by atoms with Gasteiger partial charge in [0.25, 0.3) is 5.56 Å². The molecule has 166 valence electrons. The average molecular weight is 456 g/mol. The molecule has 1 N–H and O–H groups in total. The molecule has 1 aromatic carbocycles. The van der Waals surface area contributed by atoms with Crippen LogP contribution >= 0.6 is 12.4 Å². The van der Waals surface area contributed by atoms with Crippen LogP contribution in [-0.2, 0) is 11.2 Å². The lowest BCUT2D eigenvalue weighted by molar-refractivity contribution is -0.131. The van der Waals surface area contributed by atoms with Crippen LogP contribution in [0.4, 0.5) is 10.1 Å². The van der Waals surface area contributed by atoms with Crippen LogP contribution in [0.15, 0.2) is 41.3 Å². The van der Waals surface area contributed by atoms with Crippen molar-refractivity contribution >= 4 is 34.8 Å². The van der Waals surface area contributed by atoms with Gasteiger partial charge in [0.05, 0.1) is 17.3 Å². The number of nitrogens with zero attached hydrogens (tertiary/aromatic N) is 4. The number of rotatable bonds is 4. The number of hydrogen-bond acceptors (Lipinski definition) is 5. The van der Waals surface area contributed by atoms with E-state index in [0.29, 0.717) is 66.7 Å². The zero-order valence-electron chi connectivity index (χ0n) is 17.6. The van der Waals surface area contributed by atoms with E-state index in [0.717, 1.165) is 5.69 Å². The van der Waals surface area contributed by atoms with Crippen molar-refractivity contribution in [1.82, 2.24) is 14.9 Å². The number of nitriles is 1. The monoisotopic (exact) mass is 455 g/mol. The molecule has 0 bridgehead atoms. The predicted octanol–water partition coefficient (Wildman–Crippen LogP) is 2.95. The summed E-state index contributed by atoms with van der Waals surface area (Å²) in [4.78, 5) is 35.8. The minimum Gasteiger partial charge on any atom is -0.367 e. The zero-order chi connectivity index (χ0) is 22.0. The number of H-pyrrole nitrogens is 1. The first-order valence-electron chi connectivity index (χ1n) is 10.2. The Labute approximate surface area is 190 Å². The molecule has 7 nitrogen and oxygen atoms in total. The summed E-state index contributed by atoms with van der Waals surface area (Å²) in [5.41, 5.74) is 2.34. The number of carbonyl (C=O) groups excluding carboxylic acids is 1. The number of anilines is 1. The van der Waals surface area contributed by atoms with Gasteiger partial charge in [-0.1, -0.05) is 0 Å². The van der Waals surface area contributed by atoms with Gasteiger partial charge in [0.1, 0.15) is 17.6 Å². The molecule has 1 aliphatic heterocycles. The Bertz CT molecular complexity index is 1230. The molecule has 3 aromatic rings. The normalized spacial score (nSPS) is 13.5. The van der Waals surface area contributed by atoms with E-state index < -0.39 is 5.82 Å². The number of nitrogens with one attached hydrogen (secondary N) is 1. The first-order chi connectivity index (χ1) is 14.9. The molecule has 0 unspecified atom stereocenters. The van der Waals surface area contributed by atoms with Crippen molar-refractivity contribution in [2.45, 2.75) is 19.8 Å². The smallest absolute Gasteiger partial charge is 0.256 e. The Hall–Kier alpha value is -3.44. The lowest BCUT2D eigenvalue weighted by Gasteiger charge is -2.36. The standard InChI is InChI=1S/C23H22FN5O2.ClH/c1-15-10-16(24)11-21-20(15)12-17(27-23(21)31)3-5-22(30)29-8-6-28(7-9-29)19-4-2-18(13-25)26-14-19;/h2,4,10-12,14H,3,5-9H2,1H3,(H,27,31);1H. The van der Waals surface area contributed by atoms with Crippen LogP contribution in [0.25, 0.3) is 10.8 Å². The summed E-state index contributed by atoms with van der Waals surface area (Å²) in [7, 11) is 0. The molecule has 32 heavy (non-hydrogen) atoms. The maximum absolute atomic E-state index is 13.6. The number of fused-ring (bicyclic) bond motifs is 1. The Kier molecular flexibility index (Phi) is 7.11. The topological polar surface area (TPSA) is 93.1 Å². The van der Waals surface area contributed by atoms with Crippen LogP contribution in [0.1, 0.15) is 23.4 Å². The summed E-state index contributed by atoms with van der Waals surface area (Å²) in [5, 5.41) is 9.88. The Morgan fingerprint density at radius 2 is 1.94 bits per heavy atom. The largest absolute Gasteiger partial charge is 0.367 e. The number of carbonyl (C=O) groups is 1. The van der Waals surface area contributed by atoms with E-state index in [2.05, 4.69) is 14.9 Å². The number of aromatic amines is 1.